The molecule has 1 aliphatic rings. The van der Waals surface area contributed by atoms with Crippen LogP contribution in [-0.2, 0) is 16.1 Å². The van der Waals surface area contributed by atoms with E-state index in [1.54, 1.807) is 42.1 Å². The van der Waals surface area contributed by atoms with Crippen molar-refractivity contribution in [2.75, 3.05) is 39.0 Å². The second-order valence-corrected chi connectivity index (χ2v) is 9.89. The minimum absolute atomic E-state index is 0.0816. The second kappa shape index (κ2) is 9.48. The molecule has 2 heterocycles. The molecule has 2 N–H and O–H groups in total. The Morgan fingerprint density at radius 1 is 1.24 bits per heavy atom. The van der Waals surface area contributed by atoms with E-state index in [4.69, 9.17) is 4.74 Å². The number of nitrogens with zero attached hydrogens (tertiary/aromatic N) is 4. The predicted octanol–water partition coefficient (Wildman–Crippen LogP) is 1.66. The first-order chi connectivity index (χ1) is 15.3. The molecule has 1 fully saturated rings. The molecule has 1 aromatic carbocycles. The van der Waals surface area contributed by atoms with Crippen LogP contribution < -0.4 is 10.9 Å². The predicted molar refractivity (Wildman–Crippen MR) is 125 cm³/mol. The maximum Gasteiger partial charge on any atom is 0.410 e. The molecule has 2 amide bonds. The largest absolute Gasteiger partial charge is 0.444 e. The van der Waals surface area contributed by atoms with Gasteiger partial charge < -0.3 is 25.0 Å². The van der Waals surface area contributed by atoms with Crippen LogP contribution >= 0.6 is 0 Å². The van der Waals surface area contributed by atoms with Crippen molar-refractivity contribution in [1.82, 2.24) is 19.4 Å². The fourth-order valence-corrected chi connectivity index (χ4v) is 3.74. The lowest BCUT2D eigenvalue weighted by Gasteiger charge is -2.38. The molecule has 0 bridgehead atoms. The van der Waals surface area contributed by atoms with Gasteiger partial charge in [0.25, 0.3) is 5.56 Å². The lowest BCUT2D eigenvalue weighted by atomic mass is 9.91. The minimum Gasteiger partial charge on any atom is -0.444 e. The van der Waals surface area contributed by atoms with Crippen molar-refractivity contribution in [2.24, 2.45) is 0 Å². The summed E-state index contributed by atoms with van der Waals surface area (Å²) in [6.45, 7) is 6.45. The van der Waals surface area contributed by atoms with Gasteiger partial charge in [0.05, 0.1) is 35.9 Å². The molecular formula is C23H33N5O5. The minimum atomic E-state index is -1.13. The third kappa shape index (κ3) is 6.52. The Morgan fingerprint density at radius 3 is 2.52 bits per heavy atom. The van der Waals surface area contributed by atoms with Crippen LogP contribution in [0.1, 0.15) is 33.6 Å². The Bertz CT molecular complexity index is 1080. The number of carbonyl (C=O) groups is 2. The van der Waals surface area contributed by atoms with Gasteiger partial charge in [-0.15, -0.1) is 0 Å². The second-order valence-electron chi connectivity index (χ2n) is 9.89. The van der Waals surface area contributed by atoms with Crippen LogP contribution in [0.5, 0.6) is 0 Å². The molecule has 3 rings (SSSR count). The number of likely N-dealkylation sites (N-methyl/N-ethyl adjacent to an activating group) is 1. The number of hydrogen-bond acceptors (Lipinski definition) is 7. The van der Waals surface area contributed by atoms with Crippen LogP contribution in [0, 0.1) is 0 Å². The van der Waals surface area contributed by atoms with Gasteiger partial charge in [-0.3, -0.25) is 14.2 Å². The van der Waals surface area contributed by atoms with Gasteiger partial charge in [0, 0.05) is 18.8 Å². The highest BCUT2D eigenvalue weighted by molar-refractivity contribution is 5.94. The van der Waals surface area contributed by atoms with Crippen molar-refractivity contribution in [1.29, 1.82) is 0 Å². The summed E-state index contributed by atoms with van der Waals surface area (Å²) in [6, 6.07) is 4.95. The average molecular weight is 460 g/mol. The Morgan fingerprint density at radius 2 is 1.91 bits per heavy atom. The van der Waals surface area contributed by atoms with Crippen LogP contribution in [0.25, 0.3) is 10.9 Å². The highest BCUT2D eigenvalue weighted by Crippen LogP contribution is 2.25. The fourth-order valence-electron chi connectivity index (χ4n) is 3.74. The van der Waals surface area contributed by atoms with Crippen molar-refractivity contribution < 1.29 is 19.4 Å². The molecule has 0 radical (unpaired) electrons. The zero-order valence-corrected chi connectivity index (χ0v) is 19.9. The normalized spacial score (nSPS) is 16.2. The van der Waals surface area contributed by atoms with Gasteiger partial charge in [0.1, 0.15) is 5.60 Å². The van der Waals surface area contributed by atoms with Gasteiger partial charge in [-0.2, -0.15) is 0 Å². The summed E-state index contributed by atoms with van der Waals surface area (Å²) in [6.07, 6.45) is 1.66. The highest BCUT2D eigenvalue weighted by Gasteiger charge is 2.36. The van der Waals surface area contributed by atoms with E-state index in [0.29, 0.717) is 42.5 Å². The fraction of sp³-hybridized carbons (Fsp3) is 0.565. The number of likely N-dealkylation sites (tertiary alicyclic amines) is 1. The zero-order valence-electron chi connectivity index (χ0n) is 19.9. The van der Waals surface area contributed by atoms with Crippen LogP contribution in [-0.4, -0.2) is 81.4 Å². The lowest BCUT2D eigenvalue weighted by molar-refractivity contribution is -0.116. The Kier molecular flexibility index (Phi) is 7.08. The number of anilines is 1. The molecule has 0 aliphatic carbocycles. The molecule has 2 aromatic rings. The summed E-state index contributed by atoms with van der Waals surface area (Å²) in [4.78, 5) is 44.9. The highest BCUT2D eigenvalue weighted by atomic mass is 16.6. The molecule has 0 spiro atoms. The van der Waals surface area contributed by atoms with Gasteiger partial charge in [0.2, 0.25) is 5.91 Å². The number of aromatic nitrogens is 2. The Hall–Kier alpha value is -2.98. The summed E-state index contributed by atoms with van der Waals surface area (Å²) in [5.74, 6) is -0.160. The molecule has 0 unspecified atom stereocenters. The van der Waals surface area contributed by atoms with Crippen LogP contribution in [0.2, 0.25) is 0 Å². The Balaban J connectivity index is 1.69. The molecular weight excluding hydrogens is 426 g/mol. The first-order valence-electron chi connectivity index (χ1n) is 11.0. The van der Waals surface area contributed by atoms with Crippen LogP contribution in [0.4, 0.5) is 10.5 Å². The maximum absolute atomic E-state index is 13.0. The van der Waals surface area contributed by atoms with Gasteiger partial charge in [-0.1, -0.05) is 0 Å². The van der Waals surface area contributed by atoms with Crippen molar-refractivity contribution >= 4 is 28.6 Å². The first kappa shape index (κ1) is 24.7. The number of ether oxygens (including phenoxy) is 1. The molecule has 1 aliphatic heterocycles. The van der Waals surface area contributed by atoms with Crippen molar-refractivity contribution in [3.8, 4) is 0 Å². The SMILES string of the molecule is CN(C)CC(=O)Nc1ccc2c(=O)n(CC3(O)CCN(C(=O)OC(C)(C)C)CC3)cnc2c1. The van der Waals surface area contributed by atoms with E-state index < -0.39 is 17.3 Å². The average Bonchev–Trinajstić information content (AvgIpc) is 2.68. The number of amides is 2. The number of hydrogen-bond donors (Lipinski definition) is 2. The van der Waals surface area contributed by atoms with Crippen molar-refractivity contribution in [3.05, 3.63) is 34.9 Å². The number of rotatable bonds is 5. The van der Waals surface area contributed by atoms with E-state index in [1.807, 2.05) is 20.8 Å². The zero-order chi connectivity index (χ0) is 24.4. The van der Waals surface area contributed by atoms with E-state index in [2.05, 4.69) is 10.3 Å². The number of piperidine rings is 1. The molecule has 180 valence electrons. The van der Waals surface area contributed by atoms with E-state index in [-0.39, 0.29) is 24.6 Å². The summed E-state index contributed by atoms with van der Waals surface area (Å²) in [7, 11) is 3.61. The van der Waals surface area contributed by atoms with E-state index in [0.717, 1.165) is 0 Å². The number of aliphatic hydroxyl groups is 1. The number of carbonyl (C=O) groups excluding carboxylic acids is 2. The maximum atomic E-state index is 13.0. The van der Waals surface area contributed by atoms with Gasteiger partial charge >= 0.3 is 6.09 Å². The van der Waals surface area contributed by atoms with E-state index >= 15 is 0 Å². The van der Waals surface area contributed by atoms with Crippen LogP contribution in [0.15, 0.2) is 29.3 Å². The van der Waals surface area contributed by atoms with E-state index in [9.17, 15) is 19.5 Å². The topological polar surface area (TPSA) is 117 Å². The van der Waals surface area contributed by atoms with Crippen LogP contribution in [0.3, 0.4) is 0 Å². The molecule has 33 heavy (non-hydrogen) atoms. The van der Waals surface area contributed by atoms with Crippen molar-refractivity contribution in [2.45, 2.75) is 51.4 Å². The number of benzene rings is 1. The summed E-state index contributed by atoms with van der Waals surface area (Å²) >= 11 is 0. The quantitative estimate of drug-likeness (QED) is 0.698. The summed E-state index contributed by atoms with van der Waals surface area (Å²) in [5, 5.41) is 14.2. The standard InChI is InChI=1S/C23H33N5O5/c1-22(2,3)33-21(31)27-10-8-23(32,9-11-27)14-28-15-24-18-12-16(6-7-17(18)20(28)30)25-19(29)13-26(4)5/h6-7,12,15,32H,8-11,13-14H2,1-5H3,(H,25,29). The molecule has 1 saturated heterocycles. The monoisotopic (exact) mass is 459 g/mol. The van der Waals surface area contributed by atoms with Gasteiger partial charge in [-0.05, 0) is 65.9 Å². The van der Waals surface area contributed by atoms with Gasteiger partial charge in [0.15, 0.2) is 0 Å². The molecule has 10 nitrogen and oxygen atoms in total. The smallest absolute Gasteiger partial charge is 0.410 e. The third-order valence-electron chi connectivity index (χ3n) is 5.38. The third-order valence-corrected chi connectivity index (χ3v) is 5.38. The molecule has 10 heteroatoms. The Labute approximate surface area is 193 Å². The van der Waals surface area contributed by atoms with E-state index in [1.165, 1.54) is 10.9 Å². The summed E-state index contributed by atoms with van der Waals surface area (Å²) < 4.78 is 6.79. The number of fused-ring (bicyclic) bond motifs is 1. The number of nitrogens with one attached hydrogen (secondary N) is 1. The molecule has 1 aromatic heterocycles. The van der Waals surface area contributed by atoms with Gasteiger partial charge in [-0.25, -0.2) is 9.78 Å². The van der Waals surface area contributed by atoms with Crippen molar-refractivity contribution in [3.63, 3.8) is 0 Å². The molecule has 0 atom stereocenters. The summed E-state index contributed by atoms with van der Waals surface area (Å²) in [5.41, 5.74) is -0.950. The lowest BCUT2D eigenvalue weighted by Crippen LogP contribution is -2.50. The first-order valence-corrected chi connectivity index (χ1v) is 11.0. The molecule has 0 saturated carbocycles.